The topological polar surface area (TPSA) is 91.1 Å². The smallest absolute Gasteiger partial charge is 0.240 e. The SMILES string of the molecule is CC(C)NS(=O)(=O)c1ccc(NC(=O)CCCc2c[nH]c3ccccc23)cc1. The molecule has 0 bridgehead atoms. The van der Waals surface area contributed by atoms with Gasteiger partial charge in [0.1, 0.15) is 0 Å². The molecule has 28 heavy (non-hydrogen) atoms. The Hall–Kier alpha value is -2.64. The number of fused-ring (bicyclic) bond motifs is 1. The molecule has 3 N–H and O–H groups in total. The van der Waals surface area contributed by atoms with E-state index in [1.54, 1.807) is 26.0 Å². The maximum Gasteiger partial charge on any atom is 0.240 e. The molecule has 1 amide bonds. The Bertz CT molecular complexity index is 1050. The van der Waals surface area contributed by atoms with E-state index in [4.69, 9.17) is 0 Å². The molecule has 0 unspecified atom stereocenters. The van der Waals surface area contributed by atoms with Crippen molar-refractivity contribution in [2.75, 3.05) is 5.32 Å². The molecule has 0 aliphatic heterocycles. The summed E-state index contributed by atoms with van der Waals surface area (Å²) in [6.07, 6.45) is 3.94. The van der Waals surface area contributed by atoms with Crippen molar-refractivity contribution in [2.45, 2.75) is 44.0 Å². The molecule has 0 saturated heterocycles. The molecule has 3 rings (SSSR count). The minimum Gasteiger partial charge on any atom is -0.361 e. The molecular weight excluding hydrogens is 374 g/mol. The fraction of sp³-hybridized carbons (Fsp3) is 0.286. The number of amides is 1. The van der Waals surface area contributed by atoms with Crippen molar-refractivity contribution in [1.29, 1.82) is 0 Å². The van der Waals surface area contributed by atoms with Gasteiger partial charge in [-0.1, -0.05) is 18.2 Å². The number of H-pyrrole nitrogens is 1. The molecule has 148 valence electrons. The number of sulfonamides is 1. The summed E-state index contributed by atoms with van der Waals surface area (Å²) in [4.78, 5) is 15.6. The maximum absolute atomic E-state index is 12.2. The lowest BCUT2D eigenvalue weighted by Gasteiger charge is -2.10. The number of aromatic nitrogens is 1. The van der Waals surface area contributed by atoms with Crippen molar-refractivity contribution in [3.05, 3.63) is 60.3 Å². The van der Waals surface area contributed by atoms with Gasteiger partial charge in [0.25, 0.3) is 0 Å². The highest BCUT2D eigenvalue weighted by Crippen LogP contribution is 2.20. The third-order valence-electron chi connectivity index (χ3n) is 4.36. The summed E-state index contributed by atoms with van der Waals surface area (Å²) >= 11 is 0. The summed E-state index contributed by atoms with van der Waals surface area (Å²) in [5.74, 6) is -0.0873. The van der Waals surface area contributed by atoms with E-state index in [0.717, 1.165) is 18.4 Å². The molecule has 0 radical (unpaired) electrons. The molecule has 0 fully saturated rings. The van der Waals surface area contributed by atoms with Crippen molar-refractivity contribution >= 4 is 32.5 Å². The van der Waals surface area contributed by atoms with E-state index in [1.165, 1.54) is 23.1 Å². The van der Waals surface area contributed by atoms with Crippen LogP contribution in [0, 0.1) is 0 Å². The first-order valence-electron chi connectivity index (χ1n) is 9.32. The quantitative estimate of drug-likeness (QED) is 0.538. The first-order chi connectivity index (χ1) is 13.3. The second-order valence-electron chi connectivity index (χ2n) is 7.06. The van der Waals surface area contributed by atoms with Gasteiger partial charge in [0.2, 0.25) is 15.9 Å². The van der Waals surface area contributed by atoms with Crippen LogP contribution in [0.2, 0.25) is 0 Å². The van der Waals surface area contributed by atoms with Crippen molar-refractivity contribution in [3.63, 3.8) is 0 Å². The number of nitrogens with one attached hydrogen (secondary N) is 3. The van der Waals surface area contributed by atoms with Crippen molar-refractivity contribution < 1.29 is 13.2 Å². The Morgan fingerprint density at radius 2 is 1.79 bits per heavy atom. The molecule has 0 saturated carbocycles. The van der Waals surface area contributed by atoms with Gasteiger partial charge in [-0.15, -0.1) is 0 Å². The molecule has 1 heterocycles. The highest BCUT2D eigenvalue weighted by Gasteiger charge is 2.15. The number of anilines is 1. The maximum atomic E-state index is 12.2. The van der Waals surface area contributed by atoms with E-state index in [1.807, 2.05) is 24.4 Å². The second-order valence-corrected chi connectivity index (χ2v) is 8.78. The van der Waals surface area contributed by atoms with Crippen LogP contribution in [0.25, 0.3) is 10.9 Å². The molecule has 0 aliphatic rings. The van der Waals surface area contributed by atoms with Gasteiger partial charge >= 0.3 is 0 Å². The number of carbonyl (C=O) groups is 1. The van der Waals surface area contributed by atoms with E-state index >= 15 is 0 Å². The van der Waals surface area contributed by atoms with Crippen molar-refractivity contribution in [2.24, 2.45) is 0 Å². The first-order valence-corrected chi connectivity index (χ1v) is 10.8. The Labute approximate surface area is 165 Å². The third kappa shape index (κ3) is 4.99. The zero-order valence-corrected chi connectivity index (χ0v) is 16.8. The van der Waals surface area contributed by atoms with Gasteiger partial charge in [-0.3, -0.25) is 4.79 Å². The number of aromatic amines is 1. The zero-order chi connectivity index (χ0) is 20.1. The number of rotatable bonds is 8. The van der Waals surface area contributed by atoms with Gasteiger partial charge < -0.3 is 10.3 Å². The summed E-state index contributed by atoms with van der Waals surface area (Å²) in [5, 5.41) is 4.01. The largest absolute Gasteiger partial charge is 0.361 e. The van der Waals surface area contributed by atoms with Gasteiger partial charge in [-0.05, 0) is 62.6 Å². The van der Waals surface area contributed by atoms with Crippen LogP contribution in [-0.4, -0.2) is 25.4 Å². The Balaban J connectivity index is 1.52. The number of carbonyl (C=O) groups excluding carboxylic acids is 1. The Morgan fingerprint density at radius 3 is 2.50 bits per heavy atom. The number of para-hydroxylation sites is 1. The number of hydrogen-bond donors (Lipinski definition) is 3. The summed E-state index contributed by atoms with van der Waals surface area (Å²) in [7, 11) is -3.53. The Morgan fingerprint density at radius 1 is 1.07 bits per heavy atom. The molecule has 1 aromatic heterocycles. The van der Waals surface area contributed by atoms with Crippen molar-refractivity contribution in [1.82, 2.24) is 9.71 Å². The van der Waals surface area contributed by atoms with Crippen LogP contribution >= 0.6 is 0 Å². The molecule has 3 aromatic rings. The fourth-order valence-electron chi connectivity index (χ4n) is 3.10. The van der Waals surface area contributed by atoms with Gasteiger partial charge in [0.15, 0.2) is 0 Å². The summed E-state index contributed by atoms with van der Waals surface area (Å²) in [6, 6.07) is 14.1. The lowest BCUT2D eigenvalue weighted by Crippen LogP contribution is -2.30. The fourth-order valence-corrected chi connectivity index (χ4v) is 4.35. The summed E-state index contributed by atoms with van der Waals surface area (Å²) in [5.41, 5.74) is 2.89. The lowest BCUT2D eigenvalue weighted by molar-refractivity contribution is -0.116. The number of hydrogen-bond acceptors (Lipinski definition) is 3. The summed E-state index contributed by atoms with van der Waals surface area (Å²) in [6.45, 7) is 3.53. The standard InChI is InChI=1S/C21H25N3O3S/c1-15(2)24-28(26,27)18-12-10-17(11-13-18)23-21(25)9-5-6-16-14-22-20-8-4-3-7-19(16)20/h3-4,7-8,10-15,22,24H,5-6,9H2,1-2H3,(H,23,25). The van der Waals surface area contributed by atoms with Crippen LogP contribution in [0.3, 0.4) is 0 Å². The average molecular weight is 400 g/mol. The van der Waals surface area contributed by atoms with E-state index in [2.05, 4.69) is 21.1 Å². The van der Waals surface area contributed by atoms with Crippen LogP contribution in [0.4, 0.5) is 5.69 Å². The predicted molar refractivity (Wildman–Crippen MR) is 112 cm³/mol. The van der Waals surface area contributed by atoms with E-state index in [-0.39, 0.29) is 16.8 Å². The highest BCUT2D eigenvalue weighted by atomic mass is 32.2. The molecule has 0 atom stereocenters. The average Bonchev–Trinajstić information content (AvgIpc) is 3.04. The molecular formula is C21H25N3O3S. The molecule has 2 aromatic carbocycles. The van der Waals surface area contributed by atoms with Crippen molar-refractivity contribution in [3.8, 4) is 0 Å². The number of aryl methyl sites for hydroxylation is 1. The molecule has 6 nitrogen and oxygen atoms in total. The van der Waals surface area contributed by atoms with E-state index < -0.39 is 10.0 Å². The third-order valence-corrected chi connectivity index (χ3v) is 6.04. The van der Waals surface area contributed by atoms with Gasteiger partial charge in [-0.2, -0.15) is 0 Å². The monoisotopic (exact) mass is 399 g/mol. The van der Waals surface area contributed by atoms with Crippen LogP contribution in [0.1, 0.15) is 32.3 Å². The minimum atomic E-state index is -3.53. The second kappa shape index (κ2) is 8.58. The number of benzene rings is 2. The minimum absolute atomic E-state index is 0.0873. The van der Waals surface area contributed by atoms with E-state index in [9.17, 15) is 13.2 Å². The highest BCUT2D eigenvalue weighted by molar-refractivity contribution is 7.89. The normalized spacial score (nSPS) is 11.8. The molecule has 7 heteroatoms. The zero-order valence-electron chi connectivity index (χ0n) is 16.0. The Kier molecular flexibility index (Phi) is 6.16. The van der Waals surface area contributed by atoms with Gasteiger partial charge in [-0.25, -0.2) is 13.1 Å². The van der Waals surface area contributed by atoms with E-state index in [0.29, 0.717) is 12.1 Å². The van der Waals surface area contributed by atoms with Gasteiger partial charge in [0.05, 0.1) is 4.90 Å². The van der Waals surface area contributed by atoms with Crippen LogP contribution in [-0.2, 0) is 21.2 Å². The van der Waals surface area contributed by atoms with Crippen LogP contribution in [0.5, 0.6) is 0 Å². The lowest BCUT2D eigenvalue weighted by atomic mass is 10.1. The van der Waals surface area contributed by atoms with Gasteiger partial charge in [0, 0.05) is 35.2 Å². The molecule has 0 aliphatic carbocycles. The summed E-state index contributed by atoms with van der Waals surface area (Å²) < 4.78 is 26.8. The first kappa shape index (κ1) is 20.1. The molecule has 0 spiro atoms. The van der Waals surface area contributed by atoms with Crippen LogP contribution in [0.15, 0.2) is 59.6 Å². The van der Waals surface area contributed by atoms with Crippen LogP contribution < -0.4 is 10.0 Å². The predicted octanol–water partition coefficient (Wildman–Crippen LogP) is 3.82.